The lowest BCUT2D eigenvalue weighted by molar-refractivity contribution is -0.119. The number of carbonyl (C=O) groups excluding carboxylic acids is 1. The zero-order valence-electron chi connectivity index (χ0n) is 11.5. The van der Waals surface area contributed by atoms with Crippen molar-refractivity contribution in [1.29, 1.82) is 0 Å². The van der Waals surface area contributed by atoms with E-state index in [9.17, 15) is 17.6 Å². The maximum atomic E-state index is 13.3. The lowest BCUT2D eigenvalue weighted by Crippen LogP contribution is -2.36. The highest BCUT2D eigenvalue weighted by Gasteiger charge is 2.21. The summed E-state index contributed by atoms with van der Waals surface area (Å²) in [6, 6.07) is 3.09. The molecule has 0 saturated heterocycles. The maximum absolute atomic E-state index is 13.3. The fourth-order valence-corrected chi connectivity index (χ4v) is 2.93. The van der Waals surface area contributed by atoms with Gasteiger partial charge in [-0.2, -0.15) is 0 Å². The molecule has 112 valence electrons. The van der Waals surface area contributed by atoms with Crippen molar-refractivity contribution in [3.63, 3.8) is 0 Å². The van der Waals surface area contributed by atoms with Crippen LogP contribution in [-0.4, -0.2) is 26.1 Å². The van der Waals surface area contributed by atoms with E-state index in [4.69, 9.17) is 5.73 Å². The summed E-state index contributed by atoms with van der Waals surface area (Å²) in [5, 5.41) is 2.60. The Balaban J connectivity index is 2.79. The number of anilines is 1. The van der Waals surface area contributed by atoms with Crippen molar-refractivity contribution in [3.05, 3.63) is 24.0 Å². The van der Waals surface area contributed by atoms with Crippen LogP contribution in [0.25, 0.3) is 0 Å². The largest absolute Gasteiger partial charge is 0.396 e. The van der Waals surface area contributed by atoms with Crippen molar-refractivity contribution in [3.8, 4) is 0 Å². The molecular formula is C13H19FN2O3S. The number of nitrogens with one attached hydrogen (secondary N) is 1. The second kappa shape index (κ2) is 6.69. The third kappa shape index (κ3) is 4.48. The summed E-state index contributed by atoms with van der Waals surface area (Å²) in [6.45, 7) is 3.77. The quantitative estimate of drug-likeness (QED) is 0.779. The Morgan fingerprint density at radius 1 is 1.45 bits per heavy atom. The molecule has 1 aromatic carbocycles. The van der Waals surface area contributed by atoms with Gasteiger partial charge in [0.15, 0.2) is 9.84 Å². The number of hydrogen-bond donors (Lipinski definition) is 2. The van der Waals surface area contributed by atoms with Crippen molar-refractivity contribution >= 4 is 21.4 Å². The Bertz CT molecular complexity index is 587. The third-order valence-corrected chi connectivity index (χ3v) is 4.40. The lowest BCUT2D eigenvalue weighted by atomic mass is 10.2. The molecule has 1 unspecified atom stereocenters. The van der Waals surface area contributed by atoms with E-state index in [1.165, 1.54) is 12.1 Å². The minimum absolute atomic E-state index is 0.0918. The van der Waals surface area contributed by atoms with Crippen LogP contribution >= 0.6 is 0 Å². The van der Waals surface area contributed by atoms with E-state index < -0.39 is 27.3 Å². The molecule has 0 spiro atoms. The fourth-order valence-electron chi connectivity index (χ4n) is 1.78. The first kappa shape index (κ1) is 16.4. The molecule has 0 aliphatic rings. The summed E-state index contributed by atoms with van der Waals surface area (Å²) < 4.78 is 37.2. The minimum atomic E-state index is -3.87. The molecule has 0 aliphatic carbocycles. The van der Waals surface area contributed by atoms with Gasteiger partial charge in [-0.05, 0) is 31.5 Å². The standard InChI is InChI=1S/C13H19FN2O3S/c1-3-4-9(2)16-13(17)8-20(18,19)10-5-6-12(15)11(14)7-10/h5-7,9H,3-4,8,15H2,1-2H3,(H,16,17). The van der Waals surface area contributed by atoms with E-state index in [2.05, 4.69) is 5.32 Å². The molecule has 1 amide bonds. The molecule has 7 heteroatoms. The number of carbonyl (C=O) groups is 1. The summed E-state index contributed by atoms with van der Waals surface area (Å²) in [6.07, 6.45) is 1.65. The Morgan fingerprint density at radius 2 is 2.10 bits per heavy atom. The van der Waals surface area contributed by atoms with Gasteiger partial charge in [0.25, 0.3) is 0 Å². The monoisotopic (exact) mass is 302 g/mol. The van der Waals surface area contributed by atoms with E-state index in [1.807, 2.05) is 6.92 Å². The highest BCUT2D eigenvalue weighted by molar-refractivity contribution is 7.92. The predicted molar refractivity (Wildman–Crippen MR) is 75.4 cm³/mol. The van der Waals surface area contributed by atoms with E-state index in [0.29, 0.717) is 0 Å². The van der Waals surface area contributed by atoms with Crippen LogP contribution in [0.3, 0.4) is 0 Å². The molecule has 0 heterocycles. The number of nitrogens with two attached hydrogens (primary N) is 1. The molecule has 1 aromatic rings. The van der Waals surface area contributed by atoms with Gasteiger partial charge in [-0.1, -0.05) is 13.3 Å². The number of nitrogen functional groups attached to an aromatic ring is 1. The summed E-state index contributed by atoms with van der Waals surface area (Å²) >= 11 is 0. The normalized spacial score (nSPS) is 12.9. The Labute approximate surface area is 118 Å². The van der Waals surface area contributed by atoms with Crippen LogP contribution in [0.15, 0.2) is 23.1 Å². The van der Waals surface area contributed by atoms with Gasteiger partial charge in [-0.3, -0.25) is 4.79 Å². The smallest absolute Gasteiger partial charge is 0.235 e. The first-order chi connectivity index (χ1) is 9.26. The molecule has 0 aromatic heterocycles. The van der Waals surface area contributed by atoms with Crippen LogP contribution < -0.4 is 11.1 Å². The average Bonchev–Trinajstić information content (AvgIpc) is 2.31. The molecule has 0 aliphatic heterocycles. The minimum Gasteiger partial charge on any atom is -0.396 e. The van der Waals surface area contributed by atoms with Gasteiger partial charge in [0, 0.05) is 6.04 Å². The third-order valence-electron chi connectivity index (χ3n) is 2.78. The Morgan fingerprint density at radius 3 is 2.65 bits per heavy atom. The van der Waals surface area contributed by atoms with Crippen LogP contribution in [-0.2, 0) is 14.6 Å². The van der Waals surface area contributed by atoms with Crippen LogP contribution in [0.1, 0.15) is 26.7 Å². The summed E-state index contributed by atoms with van der Waals surface area (Å²) in [7, 11) is -3.87. The van der Waals surface area contributed by atoms with E-state index in [0.717, 1.165) is 18.9 Å². The van der Waals surface area contributed by atoms with Crippen molar-refractivity contribution in [2.24, 2.45) is 0 Å². The number of rotatable bonds is 6. The number of amides is 1. The van der Waals surface area contributed by atoms with E-state index in [-0.39, 0.29) is 16.6 Å². The molecule has 5 nitrogen and oxygen atoms in total. The molecule has 0 saturated carbocycles. The van der Waals surface area contributed by atoms with Gasteiger partial charge in [0.1, 0.15) is 11.6 Å². The van der Waals surface area contributed by atoms with E-state index in [1.54, 1.807) is 6.92 Å². The Hall–Kier alpha value is -1.63. The molecule has 0 fully saturated rings. The second-order valence-corrected chi connectivity index (χ2v) is 6.69. The van der Waals surface area contributed by atoms with Crippen LogP contribution in [0.4, 0.5) is 10.1 Å². The first-order valence-electron chi connectivity index (χ1n) is 6.33. The zero-order chi connectivity index (χ0) is 15.3. The van der Waals surface area contributed by atoms with E-state index >= 15 is 0 Å². The van der Waals surface area contributed by atoms with Gasteiger partial charge in [0.2, 0.25) is 5.91 Å². The second-order valence-electron chi connectivity index (χ2n) is 4.70. The molecule has 20 heavy (non-hydrogen) atoms. The number of benzene rings is 1. The van der Waals surface area contributed by atoms with Crippen LogP contribution in [0.5, 0.6) is 0 Å². The molecule has 1 atom stereocenters. The van der Waals surface area contributed by atoms with Crippen molar-refractivity contribution in [2.75, 3.05) is 11.5 Å². The summed E-state index contributed by atoms with van der Waals surface area (Å²) in [5.41, 5.74) is 5.15. The highest BCUT2D eigenvalue weighted by Crippen LogP contribution is 2.17. The summed E-state index contributed by atoms with van der Waals surface area (Å²) in [5.74, 6) is -2.11. The van der Waals surface area contributed by atoms with Crippen molar-refractivity contribution in [2.45, 2.75) is 37.6 Å². The first-order valence-corrected chi connectivity index (χ1v) is 7.98. The highest BCUT2D eigenvalue weighted by atomic mass is 32.2. The van der Waals surface area contributed by atoms with Gasteiger partial charge in [-0.15, -0.1) is 0 Å². The van der Waals surface area contributed by atoms with Crippen LogP contribution in [0, 0.1) is 5.82 Å². The Kier molecular flexibility index (Phi) is 5.50. The van der Waals surface area contributed by atoms with Gasteiger partial charge in [-0.25, -0.2) is 12.8 Å². The molecule has 0 radical (unpaired) electrons. The van der Waals surface area contributed by atoms with Crippen LogP contribution in [0.2, 0.25) is 0 Å². The SMILES string of the molecule is CCCC(C)NC(=O)CS(=O)(=O)c1ccc(N)c(F)c1. The van der Waals surface area contributed by atoms with Crippen molar-refractivity contribution in [1.82, 2.24) is 5.32 Å². The van der Waals surface area contributed by atoms with Crippen molar-refractivity contribution < 1.29 is 17.6 Å². The summed E-state index contributed by atoms with van der Waals surface area (Å²) in [4.78, 5) is 11.4. The molecule has 3 N–H and O–H groups in total. The number of hydrogen-bond acceptors (Lipinski definition) is 4. The van der Waals surface area contributed by atoms with Gasteiger partial charge in [0.05, 0.1) is 10.6 Å². The van der Waals surface area contributed by atoms with Gasteiger partial charge >= 0.3 is 0 Å². The number of halogens is 1. The van der Waals surface area contributed by atoms with Gasteiger partial charge < -0.3 is 11.1 Å². The molecule has 0 bridgehead atoms. The number of sulfone groups is 1. The fraction of sp³-hybridized carbons (Fsp3) is 0.462. The predicted octanol–water partition coefficient (Wildman–Crippen LogP) is 1.49. The molecule has 1 rings (SSSR count). The average molecular weight is 302 g/mol. The zero-order valence-corrected chi connectivity index (χ0v) is 12.3. The molecular weight excluding hydrogens is 283 g/mol. The topological polar surface area (TPSA) is 89.3 Å². The maximum Gasteiger partial charge on any atom is 0.235 e. The lowest BCUT2D eigenvalue weighted by Gasteiger charge is -2.13.